The third-order valence-corrected chi connectivity index (χ3v) is 3.15. The van der Waals surface area contributed by atoms with Gasteiger partial charge in [-0.1, -0.05) is 20.3 Å². The molecule has 1 heterocycles. The van der Waals surface area contributed by atoms with Gasteiger partial charge in [0.2, 0.25) is 0 Å². The van der Waals surface area contributed by atoms with Crippen LogP contribution in [0.3, 0.4) is 0 Å². The maximum Gasteiger partial charge on any atom is 0.307 e. The summed E-state index contributed by atoms with van der Waals surface area (Å²) in [4.78, 5) is 13.1. The summed E-state index contributed by atoms with van der Waals surface area (Å²) in [6.07, 6.45) is 4.91. The zero-order chi connectivity index (χ0) is 10.6. The van der Waals surface area contributed by atoms with Gasteiger partial charge in [-0.3, -0.25) is 9.69 Å². The number of aliphatic carboxylic acids is 1. The number of hydrogen-bond acceptors (Lipinski definition) is 2. The van der Waals surface area contributed by atoms with Gasteiger partial charge < -0.3 is 5.11 Å². The van der Waals surface area contributed by atoms with Crippen molar-refractivity contribution in [3.8, 4) is 0 Å². The van der Waals surface area contributed by atoms with Crippen LogP contribution in [0.5, 0.6) is 0 Å². The highest BCUT2D eigenvalue weighted by molar-refractivity contribution is 5.69. The summed E-state index contributed by atoms with van der Waals surface area (Å²) >= 11 is 0. The molecule has 0 spiro atoms. The van der Waals surface area contributed by atoms with Crippen molar-refractivity contribution in [1.29, 1.82) is 0 Å². The van der Waals surface area contributed by atoms with Crippen LogP contribution in [-0.4, -0.2) is 35.1 Å². The standard InChI is InChI=1S/C11H21NO2/c1-3-10-6-4-5-7-12(10)8-9(2)11(13)14/h9-10H,3-8H2,1-2H3,(H,13,14). The van der Waals surface area contributed by atoms with Crippen molar-refractivity contribution in [3.63, 3.8) is 0 Å². The summed E-state index contributed by atoms with van der Waals surface area (Å²) in [6, 6.07) is 0.616. The Balaban J connectivity index is 2.44. The fourth-order valence-electron chi connectivity index (χ4n) is 2.19. The number of piperidine rings is 1. The molecule has 0 amide bonds. The van der Waals surface area contributed by atoms with Crippen molar-refractivity contribution in [3.05, 3.63) is 0 Å². The summed E-state index contributed by atoms with van der Waals surface area (Å²) < 4.78 is 0. The van der Waals surface area contributed by atoms with E-state index in [0.717, 1.165) is 13.0 Å². The topological polar surface area (TPSA) is 40.5 Å². The second-order valence-electron chi connectivity index (χ2n) is 4.29. The van der Waals surface area contributed by atoms with Crippen LogP contribution in [0.15, 0.2) is 0 Å². The van der Waals surface area contributed by atoms with Gasteiger partial charge in [0.15, 0.2) is 0 Å². The van der Waals surface area contributed by atoms with Crippen LogP contribution < -0.4 is 0 Å². The Morgan fingerprint density at radius 3 is 2.86 bits per heavy atom. The van der Waals surface area contributed by atoms with Gasteiger partial charge in [-0.05, 0) is 25.8 Å². The third-order valence-electron chi connectivity index (χ3n) is 3.15. The molecule has 1 N–H and O–H groups in total. The second-order valence-corrected chi connectivity index (χ2v) is 4.29. The molecule has 0 aliphatic carbocycles. The van der Waals surface area contributed by atoms with Crippen LogP contribution in [-0.2, 0) is 4.79 Å². The minimum absolute atomic E-state index is 0.234. The van der Waals surface area contributed by atoms with Gasteiger partial charge in [-0.2, -0.15) is 0 Å². The number of carboxylic acids is 1. The van der Waals surface area contributed by atoms with E-state index >= 15 is 0 Å². The van der Waals surface area contributed by atoms with Gasteiger partial charge in [0.25, 0.3) is 0 Å². The van der Waals surface area contributed by atoms with Gasteiger partial charge >= 0.3 is 5.97 Å². The summed E-state index contributed by atoms with van der Waals surface area (Å²) in [5.74, 6) is -0.910. The first-order chi connectivity index (χ1) is 6.65. The molecule has 1 saturated heterocycles. The molecule has 1 rings (SSSR count). The van der Waals surface area contributed by atoms with Gasteiger partial charge in [0, 0.05) is 12.6 Å². The Labute approximate surface area is 86.1 Å². The lowest BCUT2D eigenvalue weighted by Crippen LogP contribution is -2.42. The van der Waals surface area contributed by atoms with Crippen LogP contribution in [0.2, 0.25) is 0 Å². The number of nitrogens with zero attached hydrogens (tertiary/aromatic N) is 1. The molecule has 1 aliphatic heterocycles. The normalized spacial score (nSPS) is 26.0. The molecule has 3 nitrogen and oxygen atoms in total. The van der Waals surface area contributed by atoms with Crippen molar-refractivity contribution in [2.45, 2.75) is 45.6 Å². The molecule has 0 aromatic rings. The largest absolute Gasteiger partial charge is 0.481 e. The quantitative estimate of drug-likeness (QED) is 0.752. The Hall–Kier alpha value is -0.570. The number of likely N-dealkylation sites (tertiary alicyclic amines) is 1. The first-order valence-electron chi connectivity index (χ1n) is 5.62. The summed E-state index contributed by atoms with van der Waals surface area (Å²) in [5, 5.41) is 8.84. The zero-order valence-electron chi connectivity index (χ0n) is 9.20. The number of carbonyl (C=O) groups is 1. The average Bonchev–Trinajstić information content (AvgIpc) is 2.18. The Morgan fingerprint density at radius 2 is 2.29 bits per heavy atom. The monoisotopic (exact) mass is 199 g/mol. The molecular formula is C11H21NO2. The molecule has 2 unspecified atom stereocenters. The predicted octanol–water partition coefficient (Wildman–Crippen LogP) is 1.97. The average molecular weight is 199 g/mol. The highest BCUT2D eigenvalue weighted by Gasteiger charge is 2.24. The summed E-state index contributed by atoms with van der Waals surface area (Å²) in [7, 11) is 0. The Bertz CT molecular complexity index is 194. The van der Waals surface area contributed by atoms with E-state index in [1.807, 2.05) is 0 Å². The predicted molar refractivity (Wildman–Crippen MR) is 56.3 cm³/mol. The smallest absolute Gasteiger partial charge is 0.307 e. The molecule has 0 aromatic carbocycles. The molecule has 3 heteroatoms. The van der Waals surface area contributed by atoms with Gasteiger partial charge in [-0.25, -0.2) is 0 Å². The lowest BCUT2D eigenvalue weighted by Gasteiger charge is -2.36. The molecule has 1 fully saturated rings. The van der Waals surface area contributed by atoms with E-state index in [9.17, 15) is 4.79 Å². The first-order valence-corrected chi connectivity index (χ1v) is 5.62. The van der Waals surface area contributed by atoms with Crippen LogP contribution in [0.4, 0.5) is 0 Å². The molecule has 1 aliphatic rings. The number of carboxylic acid groups (broad SMARTS) is 1. The van der Waals surface area contributed by atoms with E-state index in [1.54, 1.807) is 6.92 Å². The maximum atomic E-state index is 10.7. The highest BCUT2D eigenvalue weighted by Crippen LogP contribution is 2.20. The molecular weight excluding hydrogens is 178 g/mol. The van der Waals surface area contributed by atoms with E-state index in [4.69, 9.17) is 5.11 Å². The molecule has 14 heavy (non-hydrogen) atoms. The maximum absolute atomic E-state index is 10.7. The van der Waals surface area contributed by atoms with Crippen LogP contribution >= 0.6 is 0 Å². The molecule has 82 valence electrons. The minimum atomic E-state index is -0.676. The molecule has 2 atom stereocenters. The van der Waals surface area contributed by atoms with E-state index in [2.05, 4.69) is 11.8 Å². The van der Waals surface area contributed by atoms with Crippen LogP contribution in [0.25, 0.3) is 0 Å². The molecule has 0 aromatic heterocycles. The van der Waals surface area contributed by atoms with Gasteiger partial charge in [0.1, 0.15) is 0 Å². The Morgan fingerprint density at radius 1 is 1.57 bits per heavy atom. The van der Waals surface area contributed by atoms with Gasteiger partial charge in [0.05, 0.1) is 5.92 Å². The lowest BCUT2D eigenvalue weighted by molar-refractivity contribution is -0.142. The summed E-state index contributed by atoms with van der Waals surface area (Å²) in [5.41, 5.74) is 0. The second kappa shape index (κ2) is 5.35. The Kier molecular flexibility index (Phi) is 4.39. The van der Waals surface area contributed by atoms with E-state index < -0.39 is 5.97 Å². The molecule has 0 radical (unpaired) electrons. The SMILES string of the molecule is CCC1CCCCN1CC(C)C(=O)O. The van der Waals surface area contributed by atoms with Crippen molar-refractivity contribution in [1.82, 2.24) is 4.90 Å². The lowest BCUT2D eigenvalue weighted by atomic mass is 9.98. The summed E-state index contributed by atoms with van der Waals surface area (Å²) in [6.45, 7) is 5.78. The van der Waals surface area contributed by atoms with Crippen molar-refractivity contribution in [2.75, 3.05) is 13.1 Å². The van der Waals surface area contributed by atoms with Gasteiger partial charge in [-0.15, -0.1) is 0 Å². The fourth-order valence-corrected chi connectivity index (χ4v) is 2.19. The zero-order valence-corrected chi connectivity index (χ0v) is 9.20. The van der Waals surface area contributed by atoms with E-state index in [1.165, 1.54) is 19.3 Å². The molecule has 0 saturated carbocycles. The van der Waals surface area contributed by atoms with Crippen LogP contribution in [0, 0.1) is 5.92 Å². The van der Waals surface area contributed by atoms with E-state index in [-0.39, 0.29) is 5.92 Å². The van der Waals surface area contributed by atoms with Crippen molar-refractivity contribution in [2.24, 2.45) is 5.92 Å². The molecule has 0 bridgehead atoms. The van der Waals surface area contributed by atoms with E-state index in [0.29, 0.717) is 12.6 Å². The number of rotatable bonds is 4. The van der Waals surface area contributed by atoms with Crippen molar-refractivity contribution >= 4 is 5.97 Å². The third kappa shape index (κ3) is 2.98. The first kappa shape index (κ1) is 11.5. The highest BCUT2D eigenvalue weighted by atomic mass is 16.4. The minimum Gasteiger partial charge on any atom is -0.481 e. The van der Waals surface area contributed by atoms with Crippen LogP contribution in [0.1, 0.15) is 39.5 Å². The number of hydrogen-bond donors (Lipinski definition) is 1. The van der Waals surface area contributed by atoms with Crippen molar-refractivity contribution < 1.29 is 9.90 Å². The fraction of sp³-hybridized carbons (Fsp3) is 0.909.